The van der Waals surface area contributed by atoms with Crippen LogP contribution in [0.15, 0.2) is 39.8 Å². The van der Waals surface area contributed by atoms with Gasteiger partial charge in [0.25, 0.3) is 0 Å². The summed E-state index contributed by atoms with van der Waals surface area (Å²) < 4.78 is 0.662. The fourth-order valence-corrected chi connectivity index (χ4v) is 3.13. The molecule has 0 aliphatic heterocycles. The van der Waals surface area contributed by atoms with Gasteiger partial charge in [-0.25, -0.2) is 0 Å². The van der Waals surface area contributed by atoms with Gasteiger partial charge in [-0.2, -0.15) is 0 Å². The molecule has 1 aliphatic carbocycles. The first-order valence-electron chi connectivity index (χ1n) is 6.08. The van der Waals surface area contributed by atoms with Crippen LogP contribution >= 0.6 is 36.2 Å². The second-order valence-corrected chi connectivity index (χ2v) is 6.92. The van der Waals surface area contributed by atoms with E-state index in [1.54, 1.807) is 13.0 Å². The normalized spacial score (nSPS) is 17.2. The molecule has 0 radical (unpaired) electrons. The fourth-order valence-electron chi connectivity index (χ4n) is 1.83. The van der Waals surface area contributed by atoms with Gasteiger partial charge < -0.3 is 0 Å². The average Bonchev–Trinajstić information content (AvgIpc) is 2.78. The van der Waals surface area contributed by atoms with E-state index in [-0.39, 0.29) is 5.78 Å². The van der Waals surface area contributed by atoms with Crippen LogP contribution in [0, 0.1) is 0 Å². The molecule has 1 heterocycles. The highest BCUT2D eigenvalue weighted by Gasteiger charge is 2.16. The van der Waals surface area contributed by atoms with Gasteiger partial charge in [0.1, 0.15) is 5.01 Å². The molecule has 0 unspecified atom stereocenters. The van der Waals surface area contributed by atoms with E-state index in [0.29, 0.717) is 22.8 Å². The predicted molar refractivity (Wildman–Crippen MR) is 88.7 cm³/mol. The first-order chi connectivity index (χ1) is 9.45. The van der Waals surface area contributed by atoms with E-state index in [1.165, 1.54) is 11.3 Å². The molecule has 2 rings (SSSR count). The van der Waals surface area contributed by atoms with Gasteiger partial charge in [0.15, 0.2) is 10.1 Å². The SMILES string of the molecule is C=C(C)C(=O)C=C1CC=C(Cc2nnc(S)s2)C(=S)C1. The number of aromatic nitrogens is 2. The van der Waals surface area contributed by atoms with Gasteiger partial charge in [-0.1, -0.05) is 41.8 Å². The minimum absolute atomic E-state index is 0.0245. The predicted octanol–water partition coefficient (Wildman–Crippen LogP) is 3.53. The molecule has 0 N–H and O–H groups in total. The summed E-state index contributed by atoms with van der Waals surface area (Å²) in [5.41, 5.74) is 2.69. The molecular formula is C14H14N2OS3. The molecule has 0 saturated carbocycles. The molecule has 6 heteroatoms. The first kappa shape index (κ1) is 15.3. The summed E-state index contributed by atoms with van der Waals surface area (Å²) in [5.74, 6) is -0.0245. The van der Waals surface area contributed by atoms with Crippen molar-refractivity contribution >= 4 is 46.8 Å². The Morgan fingerprint density at radius 2 is 2.35 bits per heavy atom. The van der Waals surface area contributed by atoms with Crippen LogP contribution in [-0.4, -0.2) is 20.8 Å². The Balaban J connectivity index is 2.08. The van der Waals surface area contributed by atoms with Gasteiger partial charge in [0, 0.05) is 17.7 Å². The summed E-state index contributed by atoms with van der Waals surface area (Å²) in [5, 5.41) is 8.83. The van der Waals surface area contributed by atoms with Crippen LogP contribution in [-0.2, 0) is 11.2 Å². The van der Waals surface area contributed by atoms with Crippen LogP contribution in [0.1, 0.15) is 24.8 Å². The Labute approximate surface area is 132 Å². The number of allylic oxidation sites excluding steroid dienone is 5. The minimum atomic E-state index is -0.0245. The van der Waals surface area contributed by atoms with E-state index < -0.39 is 0 Å². The highest BCUT2D eigenvalue weighted by atomic mass is 32.2. The van der Waals surface area contributed by atoms with E-state index in [0.717, 1.165) is 27.4 Å². The Hall–Kier alpha value is -1.11. The van der Waals surface area contributed by atoms with Crippen molar-refractivity contribution in [3.8, 4) is 0 Å². The quantitative estimate of drug-likeness (QED) is 0.523. The van der Waals surface area contributed by atoms with Gasteiger partial charge in [-0.3, -0.25) is 4.79 Å². The van der Waals surface area contributed by atoms with Crippen molar-refractivity contribution < 1.29 is 4.79 Å². The van der Waals surface area contributed by atoms with Crippen LogP contribution in [0.25, 0.3) is 0 Å². The van der Waals surface area contributed by atoms with Gasteiger partial charge in [-0.15, -0.1) is 22.8 Å². The third kappa shape index (κ3) is 3.94. The second kappa shape index (κ2) is 6.56. The van der Waals surface area contributed by atoms with Crippen molar-refractivity contribution in [1.29, 1.82) is 0 Å². The molecule has 0 atom stereocenters. The molecule has 1 aliphatic rings. The Morgan fingerprint density at radius 3 is 2.90 bits per heavy atom. The van der Waals surface area contributed by atoms with Crippen molar-refractivity contribution in [3.05, 3.63) is 40.5 Å². The smallest absolute Gasteiger partial charge is 0.180 e. The molecule has 0 spiro atoms. The average molecular weight is 322 g/mol. The molecule has 0 aromatic carbocycles. The van der Waals surface area contributed by atoms with E-state index in [1.807, 2.05) is 0 Å². The Bertz CT molecular complexity index is 641. The lowest BCUT2D eigenvalue weighted by atomic mass is 9.91. The summed E-state index contributed by atoms with van der Waals surface area (Å²) >= 11 is 11.0. The van der Waals surface area contributed by atoms with E-state index in [2.05, 4.69) is 35.5 Å². The van der Waals surface area contributed by atoms with Gasteiger partial charge >= 0.3 is 0 Å². The number of rotatable bonds is 4. The van der Waals surface area contributed by atoms with Crippen molar-refractivity contribution in [1.82, 2.24) is 10.2 Å². The summed E-state index contributed by atoms with van der Waals surface area (Å²) in [6, 6.07) is 0. The largest absolute Gasteiger partial charge is 0.290 e. The van der Waals surface area contributed by atoms with Crippen molar-refractivity contribution in [2.24, 2.45) is 0 Å². The van der Waals surface area contributed by atoms with Crippen molar-refractivity contribution in [2.45, 2.75) is 30.5 Å². The highest BCUT2D eigenvalue weighted by Crippen LogP contribution is 2.25. The molecule has 0 saturated heterocycles. The molecule has 20 heavy (non-hydrogen) atoms. The Kier molecular flexibility index (Phi) is 5.01. The first-order valence-corrected chi connectivity index (χ1v) is 7.75. The fraction of sp³-hybridized carbons (Fsp3) is 0.286. The van der Waals surface area contributed by atoms with Crippen LogP contribution in [0.4, 0.5) is 0 Å². The summed E-state index contributed by atoms with van der Waals surface area (Å²) in [4.78, 5) is 12.5. The summed E-state index contributed by atoms with van der Waals surface area (Å²) in [6.07, 6.45) is 5.83. The lowest BCUT2D eigenvalue weighted by Gasteiger charge is -2.16. The summed E-state index contributed by atoms with van der Waals surface area (Å²) in [7, 11) is 0. The third-order valence-electron chi connectivity index (χ3n) is 2.91. The van der Waals surface area contributed by atoms with Crippen LogP contribution < -0.4 is 0 Å². The number of nitrogens with zero attached hydrogens (tertiary/aromatic N) is 2. The van der Waals surface area contributed by atoms with Crippen LogP contribution in [0.2, 0.25) is 0 Å². The van der Waals surface area contributed by atoms with Crippen molar-refractivity contribution in [3.63, 3.8) is 0 Å². The van der Waals surface area contributed by atoms with E-state index >= 15 is 0 Å². The molecule has 0 bridgehead atoms. The number of ketones is 1. The number of carbonyl (C=O) groups excluding carboxylic acids is 1. The van der Waals surface area contributed by atoms with Gasteiger partial charge in [0.2, 0.25) is 0 Å². The Morgan fingerprint density at radius 1 is 1.60 bits per heavy atom. The molecule has 1 aromatic rings. The number of carbonyl (C=O) groups is 1. The standard InChI is InChI=1S/C14H14N2OS3/c1-8(2)11(17)5-9-3-4-10(12(18)6-9)7-13-15-16-14(19)20-13/h4-5H,1,3,6-7H2,2H3,(H,16,19). The van der Waals surface area contributed by atoms with Crippen molar-refractivity contribution in [2.75, 3.05) is 0 Å². The zero-order valence-corrected chi connectivity index (χ0v) is 13.6. The topological polar surface area (TPSA) is 42.9 Å². The maximum Gasteiger partial charge on any atom is 0.180 e. The molecule has 0 amide bonds. The maximum absolute atomic E-state index is 11.6. The van der Waals surface area contributed by atoms with Gasteiger partial charge in [-0.05, 0) is 30.6 Å². The summed E-state index contributed by atoms with van der Waals surface area (Å²) in [6.45, 7) is 5.36. The zero-order valence-electron chi connectivity index (χ0n) is 11.0. The molecule has 0 fully saturated rings. The molecular weight excluding hydrogens is 308 g/mol. The lowest BCUT2D eigenvalue weighted by molar-refractivity contribution is -0.111. The van der Waals surface area contributed by atoms with E-state index in [9.17, 15) is 4.79 Å². The van der Waals surface area contributed by atoms with Crippen LogP contribution in [0.3, 0.4) is 0 Å². The molecule has 104 valence electrons. The number of thiol groups is 1. The number of thiocarbonyl (C=S) groups is 1. The van der Waals surface area contributed by atoms with Crippen LogP contribution in [0.5, 0.6) is 0 Å². The highest BCUT2D eigenvalue weighted by molar-refractivity contribution is 7.82. The van der Waals surface area contributed by atoms with Gasteiger partial charge in [0.05, 0.1) is 0 Å². The maximum atomic E-state index is 11.6. The second-order valence-electron chi connectivity index (χ2n) is 4.64. The third-order valence-corrected chi connectivity index (χ3v) is 4.41. The number of hydrogen-bond donors (Lipinski definition) is 1. The molecule has 3 nitrogen and oxygen atoms in total. The zero-order chi connectivity index (χ0) is 14.7. The molecule has 1 aromatic heterocycles. The monoisotopic (exact) mass is 322 g/mol. The number of hydrogen-bond acceptors (Lipinski definition) is 6. The minimum Gasteiger partial charge on any atom is -0.290 e. The lowest BCUT2D eigenvalue weighted by Crippen LogP contribution is -2.10. The van der Waals surface area contributed by atoms with E-state index in [4.69, 9.17) is 12.2 Å².